The number of benzene rings is 2. The van der Waals surface area contributed by atoms with Gasteiger partial charge in [-0.2, -0.15) is 0 Å². The SMILES string of the molecule is CN(Cc1ccccc1)Cc1cccc(-c2nc(-c3cccnc3)cc(=O)[nH]2)c1. The van der Waals surface area contributed by atoms with Crippen molar-refractivity contribution in [3.05, 3.63) is 107 Å². The predicted molar refractivity (Wildman–Crippen MR) is 115 cm³/mol. The number of hydrogen-bond donors (Lipinski definition) is 1. The van der Waals surface area contributed by atoms with Crippen molar-refractivity contribution < 1.29 is 0 Å². The van der Waals surface area contributed by atoms with Crippen LogP contribution in [0.4, 0.5) is 0 Å². The molecule has 29 heavy (non-hydrogen) atoms. The highest BCUT2D eigenvalue weighted by atomic mass is 16.1. The third-order valence-corrected chi connectivity index (χ3v) is 4.65. The number of nitrogens with one attached hydrogen (secondary N) is 1. The molecule has 4 aromatic rings. The molecule has 2 heterocycles. The number of aromatic amines is 1. The van der Waals surface area contributed by atoms with Gasteiger partial charge in [-0.25, -0.2) is 4.98 Å². The number of rotatable bonds is 6. The third kappa shape index (κ3) is 4.83. The fraction of sp³-hybridized carbons (Fsp3) is 0.125. The van der Waals surface area contributed by atoms with E-state index in [-0.39, 0.29) is 5.56 Å². The first-order chi connectivity index (χ1) is 14.2. The summed E-state index contributed by atoms with van der Waals surface area (Å²) in [4.78, 5) is 26.1. The van der Waals surface area contributed by atoms with Gasteiger partial charge < -0.3 is 4.98 Å². The van der Waals surface area contributed by atoms with Crippen LogP contribution >= 0.6 is 0 Å². The molecule has 0 aliphatic carbocycles. The molecule has 4 rings (SSSR count). The van der Waals surface area contributed by atoms with Crippen LogP contribution in [0.25, 0.3) is 22.6 Å². The molecule has 2 aromatic heterocycles. The Kier molecular flexibility index (Phi) is 5.59. The fourth-order valence-corrected chi connectivity index (χ4v) is 3.34. The number of aromatic nitrogens is 3. The summed E-state index contributed by atoms with van der Waals surface area (Å²) < 4.78 is 0. The van der Waals surface area contributed by atoms with Gasteiger partial charge in [0.15, 0.2) is 0 Å². The highest BCUT2D eigenvalue weighted by molar-refractivity contribution is 5.63. The lowest BCUT2D eigenvalue weighted by Gasteiger charge is -2.17. The molecule has 0 aliphatic heterocycles. The summed E-state index contributed by atoms with van der Waals surface area (Å²) >= 11 is 0. The van der Waals surface area contributed by atoms with E-state index < -0.39 is 0 Å². The summed E-state index contributed by atoms with van der Waals surface area (Å²) in [7, 11) is 2.10. The summed E-state index contributed by atoms with van der Waals surface area (Å²) in [6.45, 7) is 1.67. The van der Waals surface area contributed by atoms with Crippen molar-refractivity contribution in [3.8, 4) is 22.6 Å². The van der Waals surface area contributed by atoms with E-state index >= 15 is 0 Å². The normalized spacial score (nSPS) is 11.0. The molecule has 1 N–H and O–H groups in total. The maximum atomic E-state index is 12.2. The Morgan fingerprint density at radius 1 is 0.862 bits per heavy atom. The Morgan fingerprint density at radius 3 is 2.41 bits per heavy atom. The second-order valence-corrected chi connectivity index (χ2v) is 7.08. The van der Waals surface area contributed by atoms with E-state index in [1.54, 1.807) is 12.4 Å². The Morgan fingerprint density at radius 2 is 1.62 bits per heavy atom. The van der Waals surface area contributed by atoms with Crippen LogP contribution < -0.4 is 5.56 Å². The van der Waals surface area contributed by atoms with Crippen LogP contribution in [0.1, 0.15) is 11.1 Å². The number of H-pyrrole nitrogens is 1. The van der Waals surface area contributed by atoms with Crippen LogP contribution in [-0.2, 0) is 13.1 Å². The topological polar surface area (TPSA) is 61.9 Å². The summed E-state index contributed by atoms with van der Waals surface area (Å²) in [5, 5.41) is 0. The van der Waals surface area contributed by atoms with Crippen molar-refractivity contribution in [1.82, 2.24) is 19.9 Å². The van der Waals surface area contributed by atoms with Crippen molar-refractivity contribution in [3.63, 3.8) is 0 Å². The van der Waals surface area contributed by atoms with E-state index in [2.05, 4.69) is 63.3 Å². The second-order valence-electron chi connectivity index (χ2n) is 7.08. The van der Waals surface area contributed by atoms with E-state index in [0.29, 0.717) is 11.5 Å². The summed E-state index contributed by atoms with van der Waals surface area (Å²) in [5.74, 6) is 0.559. The van der Waals surface area contributed by atoms with Gasteiger partial charge >= 0.3 is 0 Å². The van der Waals surface area contributed by atoms with Crippen molar-refractivity contribution in [2.75, 3.05) is 7.05 Å². The van der Waals surface area contributed by atoms with Gasteiger partial charge in [0.25, 0.3) is 5.56 Å². The van der Waals surface area contributed by atoms with Gasteiger partial charge in [-0.1, -0.05) is 48.5 Å². The molecule has 0 atom stereocenters. The molecule has 144 valence electrons. The van der Waals surface area contributed by atoms with Gasteiger partial charge in [0.2, 0.25) is 0 Å². The summed E-state index contributed by atoms with van der Waals surface area (Å²) in [6.07, 6.45) is 3.41. The molecule has 5 heteroatoms. The van der Waals surface area contributed by atoms with Crippen LogP contribution in [0.2, 0.25) is 0 Å². The quantitative estimate of drug-likeness (QED) is 0.545. The molecule has 0 saturated carbocycles. The maximum Gasteiger partial charge on any atom is 0.251 e. The third-order valence-electron chi connectivity index (χ3n) is 4.65. The minimum absolute atomic E-state index is 0.180. The van der Waals surface area contributed by atoms with Crippen molar-refractivity contribution in [2.24, 2.45) is 0 Å². The van der Waals surface area contributed by atoms with E-state index in [9.17, 15) is 4.79 Å². The largest absolute Gasteiger partial charge is 0.306 e. The van der Waals surface area contributed by atoms with Crippen LogP contribution in [0.3, 0.4) is 0 Å². The number of pyridine rings is 1. The standard InChI is InChI=1S/C24H22N4O/c1-28(16-18-7-3-2-4-8-18)17-19-9-5-10-20(13-19)24-26-22(14-23(29)27-24)21-11-6-12-25-15-21/h2-15H,16-17H2,1H3,(H,26,27,29). The Hall–Kier alpha value is -3.57. The van der Waals surface area contributed by atoms with E-state index in [0.717, 1.165) is 29.8 Å². The van der Waals surface area contributed by atoms with E-state index in [1.165, 1.54) is 11.6 Å². The molecule has 0 bridgehead atoms. The molecule has 0 saturated heterocycles. The molecule has 2 aromatic carbocycles. The summed E-state index contributed by atoms with van der Waals surface area (Å²) in [6, 6.07) is 23.8. The van der Waals surface area contributed by atoms with Crippen LogP contribution in [0, 0.1) is 0 Å². The molecule has 0 fully saturated rings. The first-order valence-electron chi connectivity index (χ1n) is 9.51. The van der Waals surface area contributed by atoms with Gasteiger partial charge in [0.05, 0.1) is 5.69 Å². The lowest BCUT2D eigenvalue weighted by atomic mass is 10.1. The molecule has 5 nitrogen and oxygen atoms in total. The molecule has 0 unspecified atom stereocenters. The highest BCUT2D eigenvalue weighted by Gasteiger charge is 2.08. The Bertz CT molecular complexity index is 1140. The lowest BCUT2D eigenvalue weighted by molar-refractivity contribution is 0.319. The molecule has 0 aliphatic rings. The van der Waals surface area contributed by atoms with Crippen LogP contribution in [0.15, 0.2) is 90.0 Å². The minimum Gasteiger partial charge on any atom is -0.306 e. The van der Waals surface area contributed by atoms with Crippen molar-refractivity contribution in [2.45, 2.75) is 13.1 Å². The minimum atomic E-state index is -0.180. The average molecular weight is 382 g/mol. The van der Waals surface area contributed by atoms with Crippen LogP contribution in [0.5, 0.6) is 0 Å². The van der Waals surface area contributed by atoms with Gasteiger partial charge in [-0.15, -0.1) is 0 Å². The van der Waals surface area contributed by atoms with Crippen LogP contribution in [-0.4, -0.2) is 26.9 Å². The average Bonchev–Trinajstić information content (AvgIpc) is 2.75. The van der Waals surface area contributed by atoms with Gasteiger partial charge in [0.1, 0.15) is 5.82 Å². The Labute approximate surface area is 169 Å². The van der Waals surface area contributed by atoms with Crippen molar-refractivity contribution in [1.29, 1.82) is 0 Å². The van der Waals surface area contributed by atoms with Gasteiger partial charge in [-0.3, -0.25) is 14.7 Å². The smallest absolute Gasteiger partial charge is 0.251 e. The zero-order valence-electron chi connectivity index (χ0n) is 16.2. The van der Waals surface area contributed by atoms with E-state index in [4.69, 9.17) is 0 Å². The molecular weight excluding hydrogens is 360 g/mol. The van der Waals surface area contributed by atoms with Gasteiger partial charge in [-0.05, 0) is 36.4 Å². The zero-order chi connectivity index (χ0) is 20.1. The maximum absolute atomic E-state index is 12.2. The second kappa shape index (κ2) is 8.63. The molecule has 0 radical (unpaired) electrons. The monoisotopic (exact) mass is 382 g/mol. The zero-order valence-corrected chi connectivity index (χ0v) is 16.2. The molecular formula is C24H22N4O. The first-order valence-corrected chi connectivity index (χ1v) is 9.51. The first kappa shape index (κ1) is 18.8. The Balaban J connectivity index is 1.57. The van der Waals surface area contributed by atoms with E-state index in [1.807, 2.05) is 30.3 Å². The number of hydrogen-bond acceptors (Lipinski definition) is 4. The summed E-state index contributed by atoms with van der Waals surface area (Å²) in [5.41, 5.74) is 4.58. The lowest BCUT2D eigenvalue weighted by Crippen LogP contribution is -2.17. The molecule has 0 amide bonds. The molecule has 0 spiro atoms. The van der Waals surface area contributed by atoms with Crippen molar-refractivity contribution >= 4 is 0 Å². The number of nitrogens with zero attached hydrogens (tertiary/aromatic N) is 3. The fourth-order valence-electron chi connectivity index (χ4n) is 3.34. The van der Waals surface area contributed by atoms with Gasteiger partial charge in [0, 0.05) is 42.7 Å². The highest BCUT2D eigenvalue weighted by Crippen LogP contribution is 2.20. The predicted octanol–water partition coefficient (Wildman–Crippen LogP) is 4.13.